The molecule has 2 rings (SSSR count). The summed E-state index contributed by atoms with van der Waals surface area (Å²) < 4.78 is 7.05. The summed E-state index contributed by atoms with van der Waals surface area (Å²) in [5.74, 6) is 0. The number of rotatable bonds is 5. The van der Waals surface area contributed by atoms with E-state index in [1.807, 2.05) is 43.3 Å². The summed E-state index contributed by atoms with van der Waals surface area (Å²) in [6, 6.07) is 18.2. The standard InChI is InChI=1S/C16H18BrNO/c1-12(18)16(14-7-3-2-4-8-14)19-11-13-6-5-9-15(17)10-13/h2-10,12,16H,11,18H2,1H3. The van der Waals surface area contributed by atoms with Crippen molar-refractivity contribution in [1.29, 1.82) is 0 Å². The van der Waals surface area contributed by atoms with Crippen molar-refractivity contribution in [3.8, 4) is 0 Å². The van der Waals surface area contributed by atoms with Gasteiger partial charge < -0.3 is 10.5 Å². The molecule has 0 saturated carbocycles. The fraction of sp³-hybridized carbons (Fsp3) is 0.250. The molecule has 0 aliphatic carbocycles. The molecule has 3 heteroatoms. The lowest BCUT2D eigenvalue weighted by molar-refractivity contribution is 0.0259. The van der Waals surface area contributed by atoms with Crippen LogP contribution in [0.2, 0.25) is 0 Å². The molecule has 0 aliphatic rings. The SMILES string of the molecule is CC(N)C(OCc1cccc(Br)c1)c1ccccc1. The smallest absolute Gasteiger partial charge is 0.0977 e. The van der Waals surface area contributed by atoms with Crippen LogP contribution in [-0.2, 0) is 11.3 Å². The van der Waals surface area contributed by atoms with Crippen molar-refractivity contribution in [3.63, 3.8) is 0 Å². The Morgan fingerprint density at radius 2 is 1.84 bits per heavy atom. The van der Waals surface area contributed by atoms with Crippen LogP contribution in [0, 0.1) is 0 Å². The van der Waals surface area contributed by atoms with Gasteiger partial charge >= 0.3 is 0 Å². The van der Waals surface area contributed by atoms with E-state index in [0.29, 0.717) is 6.61 Å². The van der Waals surface area contributed by atoms with E-state index in [4.69, 9.17) is 10.5 Å². The summed E-state index contributed by atoms with van der Waals surface area (Å²) in [6.45, 7) is 2.53. The van der Waals surface area contributed by atoms with Crippen LogP contribution in [0.4, 0.5) is 0 Å². The molecule has 0 radical (unpaired) electrons. The van der Waals surface area contributed by atoms with E-state index in [2.05, 4.69) is 34.1 Å². The van der Waals surface area contributed by atoms with Gasteiger partial charge in [-0.05, 0) is 30.2 Å². The average Bonchev–Trinajstić information content (AvgIpc) is 2.40. The second-order valence-electron chi connectivity index (χ2n) is 4.63. The third kappa shape index (κ3) is 4.16. The zero-order valence-electron chi connectivity index (χ0n) is 10.9. The highest BCUT2D eigenvalue weighted by molar-refractivity contribution is 9.10. The second-order valence-corrected chi connectivity index (χ2v) is 5.55. The summed E-state index contributed by atoms with van der Waals surface area (Å²) in [6.07, 6.45) is -0.0832. The lowest BCUT2D eigenvalue weighted by Gasteiger charge is -2.22. The molecule has 0 aromatic heterocycles. The van der Waals surface area contributed by atoms with Crippen molar-refractivity contribution >= 4 is 15.9 Å². The molecule has 2 aromatic rings. The van der Waals surface area contributed by atoms with E-state index in [-0.39, 0.29) is 12.1 Å². The summed E-state index contributed by atoms with van der Waals surface area (Å²) in [4.78, 5) is 0. The largest absolute Gasteiger partial charge is 0.367 e. The predicted octanol–water partition coefficient (Wildman–Crippen LogP) is 4.05. The Morgan fingerprint density at radius 3 is 2.47 bits per heavy atom. The van der Waals surface area contributed by atoms with E-state index in [0.717, 1.165) is 15.6 Å². The maximum atomic E-state index is 6.03. The first kappa shape index (κ1) is 14.3. The van der Waals surface area contributed by atoms with Crippen molar-refractivity contribution in [2.24, 2.45) is 5.73 Å². The molecule has 0 bridgehead atoms. The first-order valence-corrected chi connectivity index (χ1v) is 7.12. The molecule has 0 heterocycles. The Kier molecular flexibility index (Phi) is 5.14. The van der Waals surface area contributed by atoms with Crippen LogP contribution in [0.25, 0.3) is 0 Å². The third-order valence-corrected chi connectivity index (χ3v) is 3.42. The molecule has 19 heavy (non-hydrogen) atoms. The highest BCUT2D eigenvalue weighted by Crippen LogP contribution is 2.22. The highest BCUT2D eigenvalue weighted by Gasteiger charge is 2.16. The number of halogens is 1. The number of hydrogen-bond donors (Lipinski definition) is 1. The van der Waals surface area contributed by atoms with Crippen molar-refractivity contribution in [2.45, 2.75) is 25.7 Å². The zero-order valence-corrected chi connectivity index (χ0v) is 12.5. The molecule has 0 amide bonds. The van der Waals surface area contributed by atoms with Gasteiger partial charge in [0.2, 0.25) is 0 Å². The highest BCUT2D eigenvalue weighted by atomic mass is 79.9. The first-order valence-electron chi connectivity index (χ1n) is 6.33. The van der Waals surface area contributed by atoms with E-state index in [1.54, 1.807) is 0 Å². The third-order valence-electron chi connectivity index (χ3n) is 2.92. The summed E-state index contributed by atoms with van der Waals surface area (Å²) in [7, 11) is 0. The number of nitrogens with two attached hydrogens (primary N) is 1. The first-order chi connectivity index (χ1) is 9.16. The Bertz CT molecular complexity index is 513. The van der Waals surface area contributed by atoms with Gasteiger partial charge in [-0.3, -0.25) is 0 Å². The van der Waals surface area contributed by atoms with Gasteiger partial charge in [0, 0.05) is 10.5 Å². The molecule has 2 aromatic carbocycles. The van der Waals surface area contributed by atoms with Crippen molar-refractivity contribution in [1.82, 2.24) is 0 Å². The minimum Gasteiger partial charge on any atom is -0.367 e. The van der Waals surface area contributed by atoms with Gasteiger partial charge in [-0.2, -0.15) is 0 Å². The summed E-state index contributed by atoms with van der Waals surface area (Å²) >= 11 is 3.46. The zero-order chi connectivity index (χ0) is 13.7. The normalized spacial score (nSPS) is 14.1. The quantitative estimate of drug-likeness (QED) is 0.902. The van der Waals surface area contributed by atoms with E-state index >= 15 is 0 Å². The van der Waals surface area contributed by atoms with E-state index in [9.17, 15) is 0 Å². The number of benzene rings is 2. The molecule has 2 atom stereocenters. The minimum atomic E-state index is -0.0832. The van der Waals surface area contributed by atoms with Gasteiger partial charge in [-0.1, -0.05) is 58.4 Å². The molecule has 0 aliphatic heterocycles. The van der Waals surface area contributed by atoms with Gasteiger partial charge in [0.05, 0.1) is 12.7 Å². The topological polar surface area (TPSA) is 35.2 Å². The van der Waals surface area contributed by atoms with Crippen LogP contribution >= 0.6 is 15.9 Å². The molecule has 2 unspecified atom stereocenters. The summed E-state index contributed by atoms with van der Waals surface area (Å²) in [5, 5.41) is 0. The Balaban J connectivity index is 2.06. The van der Waals surface area contributed by atoms with E-state index in [1.165, 1.54) is 0 Å². The summed E-state index contributed by atoms with van der Waals surface area (Å²) in [5.41, 5.74) is 8.28. The maximum Gasteiger partial charge on any atom is 0.0977 e. The maximum absolute atomic E-state index is 6.03. The van der Waals surface area contributed by atoms with Crippen LogP contribution in [0.15, 0.2) is 59.1 Å². The van der Waals surface area contributed by atoms with Gasteiger partial charge in [0.1, 0.15) is 0 Å². The van der Waals surface area contributed by atoms with E-state index < -0.39 is 0 Å². The second kappa shape index (κ2) is 6.85. The van der Waals surface area contributed by atoms with Crippen molar-refractivity contribution < 1.29 is 4.74 Å². The molecule has 2 nitrogen and oxygen atoms in total. The Labute approximate surface area is 122 Å². The molecule has 0 saturated heterocycles. The molecule has 100 valence electrons. The Morgan fingerprint density at radius 1 is 1.11 bits per heavy atom. The average molecular weight is 320 g/mol. The lowest BCUT2D eigenvalue weighted by Crippen LogP contribution is -2.26. The molecule has 0 spiro atoms. The van der Waals surface area contributed by atoms with Crippen LogP contribution in [-0.4, -0.2) is 6.04 Å². The molecule has 0 fully saturated rings. The molecular weight excluding hydrogens is 302 g/mol. The number of hydrogen-bond acceptors (Lipinski definition) is 2. The van der Waals surface area contributed by atoms with Gasteiger partial charge in [0.25, 0.3) is 0 Å². The molecular formula is C16H18BrNO. The van der Waals surface area contributed by atoms with Crippen molar-refractivity contribution in [2.75, 3.05) is 0 Å². The lowest BCUT2D eigenvalue weighted by atomic mass is 10.0. The van der Waals surface area contributed by atoms with Gasteiger partial charge in [0.15, 0.2) is 0 Å². The fourth-order valence-electron chi connectivity index (χ4n) is 2.01. The Hall–Kier alpha value is -1.16. The number of ether oxygens (including phenoxy) is 1. The predicted molar refractivity (Wildman–Crippen MR) is 81.8 cm³/mol. The van der Waals surface area contributed by atoms with Crippen LogP contribution in [0.5, 0.6) is 0 Å². The van der Waals surface area contributed by atoms with Crippen molar-refractivity contribution in [3.05, 3.63) is 70.2 Å². The van der Waals surface area contributed by atoms with Gasteiger partial charge in [-0.25, -0.2) is 0 Å². The van der Waals surface area contributed by atoms with Crippen LogP contribution in [0.1, 0.15) is 24.2 Å². The van der Waals surface area contributed by atoms with Gasteiger partial charge in [-0.15, -0.1) is 0 Å². The minimum absolute atomic E-state index is 0.0467. The monoisotopic (exact) mass is 319 g/mol. The van der Waals surface area contributed by atoms with Crippen LogP contribution in [0.3, 0.4) is 0 Å². The molecule has 2 N–H and O–H groups in total. The fourth-order valence-corrected chi connectivity index (χ4v) is 2.45. The van der Waals surface area contributed by atoms with Crippen LogP contribution < -0.4 is 5.73 Å².